The second-order valence-electron chi connectivity index (χ2n) is 6.71. The zero-order valence-electron chi connectivity index (χ0n) is 13.8. The second kappa shape index (κ2) is 5.78. The van der Waals surface area contributed by atoms with Crippen LogP contribution >= 0.6 is 0 Å². The van der Waals surface area contributed by atoms with E-state index in [1.165, 1.54) is 39.4 Å². The van der Waals surface area contributed by atoms with Crippen LogP contribution in [0.3, 0.4) is 0 Å². The minimum Gasteiger partial charge on any atom is -0.306 e. The highest BCUT2D eigenvalue weighted by molar-refractivity contribution is 5.96. The summed E-state index contributed by atoms with van der Waals surface area (Å²) in [6, 6.07) is 16.0. The Morgan fingerprint density at radius 1 is 0.957 bits per heavy atom. The smallest absolute Gasteiger partial charge is 0.0352 e. The van der Waals surface area contributed by atoms with Crippen molar-refractivity contribution in [3.8, 4) is 11.1 Å². The number of rotatable bonds is 2. The highest BCUT2D eigenvalue weighted by atomic mass is 15.1. The van der Waals surface area contributed by atoms with Gasteiger partial charge in [0.2, 0.25) is 0 Å². The van der Waals surface area contributed by atoms with Gasteiger partial charge in [-0.1, -0.05) is 42.5 Å². The molecule has 0 saturated heterocycles. The number of pyridine rings is 1. The Balaban J connectivity index is 1.86. The van der Waals surface area contributed by atoms with Gasteiger partial charge in [-0.15, -0.1) is 0 Å². The number of aromatic nitrogens is 1. The molecule has 2 heteroatoms. The SMILES string of the molecule is CN(C)C1CCc2c(cccc2-c2cncc3ccccc23)C1. The molecular weight excluding hydrogens is 280 g/mol. The van der Waals surface area contributed by atoms with Crippen LogP contribution in [0.4, 0.5) is 0 Å². The zero-order chi connectivity index (χ0) is 15.8. The number of hydrogen-bond donors (Lipinski definition) is 0. The van der Waals surface area contributed by atoms with Crippen molar-refractivity contribution in [1.29, 1.82) is 0 Å². The molecule has 1 aromatic heterocycles. The Hall–Kier alpha value is -2.19. The number of fused-ring (bicyclic) bond motifs is 2. The highest BCUT2D eigenvalue weighted by Gasteiger charge is 2.22. The van der Waals surface area contributed by atoms with Crippen molar-refractivity contribution in [2.24, 2.45) is 0 Å². The number of likely N-dealkylation sites (N-methyl/N-ethyl adjacent to an activating group) is 1. The van der Waals surface area contributed by atoms with E-state index in [1.807, 2.05) is 12.4 Å². The molecule has 1 atom stereocenters. The van der Waals surface area contributed by atoms with Crippen LogP contribution in [0.25, 0.3) is 21.9 Å². The first-order valence-corrected chi connectivity index (χ1v) is 8.34. The fourth-order valence-corrected chi connectivity index (χ4v) is 3.81. The van der Waals surface area contributed by atoms with Crippen LogP contribution in [0.1, 0.15) is 17.5 Å². The molecule has 1 heterocycles. The molecule has 0 radical (unpaired) electrons. The number of nitrogens with zero attached hydrogens (tertiary/aromatic N) is 2. The summed E-state index contributed by atoms with van der Waals surface area (Å²) in [5, 5.41) is 2.51. The molecule has 0 amide bonds. The Morgan fingerprint density at radius 2 is 1.83 bits per heavy atom. The second-order valence-corrected chi connectivity index (χ2v) is 6.71. The fourth-order valence-electron chi connectivity index (χ4n) is 3.81. The molecule has 2 aromatic carbocycles. The molecule has 1 unspecified atom stereocenters. The molecule has 0 fully saturated rings. The molecular formula is C21H22N2. The van der Waals surface area contributed by atoms with Crippen molar-refractivity contribution in [2.45, 2.75) is 25.3 Å². The van der Waals surface area contributed by atoms with Crippen molar-refractivity contribution in [3.05, 3.63) is 66.0 Å². The van der Waals surface area contributed by atoms with Crippen LogP contribution in [0.5, 0.6) is 0 Å². The first kappa shape index (κ1) is 14.4. The van der Waals surface area contributed by atoms with Gasteiger partial charge in [0.15, 0.2) is 0 Å². The van der Waals surface area contributed by atoms with E-state index in [4.69, 9.17) is 0 Å². The average molecular weight is 302 g/mol. The molecule has 0 spiro atoms. The molecule has 23 heavy (non-hydrogen) atoms. The maximum atomic E-state index is 4.47. The maximum absolute atomic E-state index is 4.47. The lowest BCUT2D eigenvalue weighted by Gasteiger charge is -2.31. The van der Waals surface area contributed by atoms with E-state index in [9.17, 15) is 0 Å². The Labute approximate surface area is 137 Å². The summed E-state index contributed by atoms with van der Waals surface area (Å²) in [5.41, 5.74) is 5.65. The highest BCUT2D eigenvalue weighted by Crippen LogP contribution is 2.35. The lowest BCUT2D eigenvalue weighted by molar-refractivity contribution is 0.268. The van der Waals surface area contributed by atoms with E-state index in [0.29, 0.717) is 6.04 Å². The van der Waals surface area contributed by atoms with Crippen molar-refractivity contribution in [2.75, 3.05) is 14.1 Å². The predicted molar refractivity (Wildman–Crippen MR) is 96.7 cm³/mol. The van der Waals surface area contributed by atoms with Gasteiger partial charge in [-0.3, -0.25) is 4.98 Å². The fraction of sp³-hybridized carbons (Fsp3) is 0.286. The van der Waals surface area contributed by atoms with Crippen LogP contribution < -0.4 is 0 Å². The van der Waals surface area contributed by atoms with E-state index in [0.717, 1.165) is 12.8 Å². The van der Waals surface area contributed by atoms with Gasteiger partial charge in [0.25, 0.3) is 0 Å². The molecule has 4 rings (SSSR count). The minimum absolute atomic E-state index is 0.656. The van der Waals surface area contributed by atoms with Gasteiger partial charge in [-0.05, 0) is 55.4 Å². The average Bonchev–Trinajstić information content (AvgIpc) is 2.60. The summed E-state index contributed by atoms with van der Waals surface area (Å²) >= 11 is 0. The lowest BCUT2D eigenvalue weighted by atomic mass is 9.83. The topological polar surface area (TPSA) is 16.1 Å². The van der Waals surface area contributed by atoms with Crippen molar-refractivity contribution in [3.63, 3.8) is 0 Å². The molecule has 116 valence electrons. The van der Waals surface area contributed by atoms with Crippen LogP contribution in [0.15, 0.2) is 54.9 Å². The molecule has 3 aromatic rings. The minimum atomic E-state index is 0.656. The summed E-state index contributed by atoms with van der Waals surface area (Å²) in [4.78, 5) is 6.83. The van der Waals surface area contributed by atoms with Gasteiger partial charge < -0.3 is 4.90 Å². The standard InChI is InChI=1S/C21H22N2/c1-23(2)17-10-11-19-15(12-17)7-5-9-20(19)21-14-22-13-16-6-3-4-8-18(16)21/h3-9,13-14,17H,10-12H2,1-2H3. The summed E-state index contributed by atoms with van der Waals surface area (Å²) < 4.78 is 0. The molecule has 1 aliphatic rings. The largest absolute Gasteiger partial charge is 0.306 e. The van der Waals surface area contributed by atoms with E-state index in [1.54, 1.807) is 0 Å². The summed E-state index contributed by atoms with van der Waals surface area (Å²) in [5.74, 6) is 0. The van der Waals surface area contributed by atoms with Gasteiger partial charge in [0.1, 0.15) is 0 Å². The lowest BCUT2D eigenvalue weighted by Crippen LogP contribution is -2.33. The normalized spacial score (nSPS) is 17.4. The first-order chi connectivity index (χ1) is 11.2. The van der Waals surface area contributed by atoms with Gasteiger partial charge in [-0.25, -0.2) is 0 Å². The first-order valence-electron chi connectivity index (χ1n) is 8.34. The Bertz CT molecular complexity index is 846. The maximum Gasteiger partial charge on any atom is 0.0352 e. The molecule has 0 saturated carbocycles. The molecule has 0 bridgehead atoms. The van der Waals surface area contributed by atoms with E-state index >= 15 is 0 Å². The summed E-state index contributed by atoms with van der Waals surface area (Å²) in [7, 11) is 4.38. The predicted octanol–water partition coefficient (Wildman–Crippen LogP) is 4.32. The van der Waals surface area contributed by atoms with Crippen LogP contribution in [0.2, 0.25) is 0 Å². The quantitative estimate of drug-likeness (QED) is 0.701. The zero-order valence-corrected chi connectivity index (χ0v) is 13.8. The Morgan fingerprint density at radius 3 is 2.70 bits per heavy atom. The van der Waals surface area contributed by atoms with Crippen LogP contribution in [-0.2, 0) is 12.8 Å². The van der Waals surface area contributed by atoms with Crippen LogP contribution in [-0.4, -0.2) is 30.0 Å². The Kier molecular flexibility index (Phi) is 3.62. The molecule has 2 nitrogen and oxygen atoms in total. The van der Waals surface area contributed by atoms with E-state index in [-0.39, 0.29) is 0 Å². The summed E-state index contributed by atoms with van der Waals surface area (Å²) in [6.07, 6.45) is 7.51. The van der Waals surface area contributed by atoms with Crippen LogP contribution in [0, 0.1) is 0 Å². The monoisotopic (exact) mass is 302 g/mol. The van der Waals surface area contributed by atoms with Gasteiger partial charge in [0, 0.05) is 29.4 Å². The third-order valence-electron chi connectivity index (χ3n) is 5.14. The van der Waals surface area contributed by atoms with Gasteiger partial charge in [0.05, 0.1) is 0 Å². The molecule has 1 aliphatic carbocycles. The van der Waals surface area contributed by atoms with Crippen molar-refractivity contribution >= 4 is 10.8 Å². The molecule has 0 aliphatic heterocycles. The van der Waals surface area contributed by atoms with E-state index in [2.05, 4.69) is 66.4 Å². The summed E-state index contributed by atoms with van der Waals surface area (Å²) in [6.45, 7) is 0. The third kappa shape index (κ3) is 2.53. The number of hydrogen-bond acceptors (Lipinski definition) is 2. The van der Waals surface area contributed by atoms with Crippen molar-refractivity contribution < 1.29 is 0 Å². The van der Waals surface area contributed by atoms with E-state index < -0.39 is 0 Å². The van der Waals surface area contributed by atoms with Gasteiger partial charge >= 0.3 is 0 Å². The number of benzene rings is 2. The van der Waals surface area contributed by atoms with Gasteiger partial charge in [-0.2, -0.15) is 0 Å². The van der Waals surface area contributed by atoms with Crippen molar-refractivity contribution in [1.82, 2.24) is 9.88 Å². The molecule has 0 N–H and O–H groups in total. The third-order valence-corrected chi connectivity index (χ3v) is 5.14.